The molecule has 1 aromatic rings. The minimum atomic E-state index is -0.753. The third-order valence-corrected chi connectivity index (χ3v) is 2.99. The number of anilines is 1. The van der Waals surface area contributed by atoms with Crippen molar-refractivity contribution in [3.63, 3.8) is 0 Å². The van der Waals surface area contributed by atoms with Crippen molar-refractivity contribution in [1.29, 1.82) is 5.26 Å². The molecular weight excluding hydrogens is 301 g/mol. The molecule has 1 N–H and O–H groups in total. The Labute approximate surface area is 125 Å². The fourth-order valence-electron chi connectivity index (χ4n) is 1.63. The topological polar surface area (TPSA) is 74.5 Å². The van der Waals surface area contributed by atoms with Crippen LogP contribution in [0.15, 0.2) is 34.5 Å². The number of nitriles is 1. The lowest BCUT2D eigenvalue weighted by atomic mass is 10.1. The molecule has 0 spiro atoms. The standard InChI is InChI=1S/C13H9Cl2N3O2/c1-2-20-13(19)8(6-16)11-12(15)18-9-4-3-7(14)5-10(9)17-11/h3-5,17H,2H2,1H3/b11-8-. The van der Waals surface area contributed by atoms with Gasteiger partial charge in [-0.2, -0.15) is 5.26 Å². The van der Waals surface area contributed by atoms with Gasteiger partial charge in [0.25, 0.3) is 0 Å². The monoisotopic (exact) mass is 309 g/mol. The molecule has 0 aromatic heterocycles. The van der Waals surface area contributed by atoms with E-state index in [2.05, 4.69) is 10.3 Å². The van der Waals surface area contributed by atoms with Crippen LogP contribution in [-0.4, -0.2) is 17.7 Å². The van der Waals surface area contributed by atoms with Gasteiger partial charge in [-0.3, -0.25) is 0 Å². The molecule has 20 heavy (non-hydrogen) atoms. The first-order chi connectivity index (χ1) is 9.56. The molecular formula is C13H9Cl2N3O2. The summed E-state index contributed by atoms with van der Waals surface area (Å²) in [7, 11) is 0. The van der Waals surface area contributed by atoms with Gasteiger partial charge in [0.15, 0.2) is 10.7 Å². The molecule has 2 rings (SSSR count). The zero-order valence-corrected chi connectivity index (χ0v) is 11.9. The van der Waals surface area contributed by atoms with Crippen LogP contribution >= 0.6 is 23.2 Å². The van der Waals surface area contributed by atoms with Gasteiger partial charge in [-0.05, 0) is 25.1 Å². The smallest absolute Gasteiger partial charge is 0.351 e. The van der Waals surface area contributed by atoms with Gasteiger partial charge in [-0.15, -0.1) is 0 Å². The minimum Gasteiger partial charge on any atom is -0.462 e. The van der Waals surface area contributed by atoms with Crippen molar-refractivity contribution in [1.82, 2.24) is 0 Å². The van der Waals surface area contributed by atoms with Crippen LogP contribution in [0.2, 0.25) is 5.02 Å². The minimum absolute atomic E-state index is 0.0180. The molecule has 0 amide bonds. The predicted molar refractivity (Wildman–Crippen MR) is 77.3 cm³/mol. The molecule has 102 valence electrons. The average Bonchev–Trinajstić information content (AvgIpc) is 2.41. The molecule has 1 heterocycles. The third kappa shape index (κ3) is 2.77. The Kier molecular flexibility index (Phi) is 4.28. The van der Waals surface area contributed by atoms with E-state index in [0.29, 0.717) is 16.4 Å². The lowest BCUT2D eigenvalue weighted by Crippen LogP contribution is -2.18. The first-order valence-electron chi connectivity index (χ1n) is 5.69. The number of nitrogens with zero attached hydrogens (tertiary/aromatic N) is 2. The summed E-state index contributed by atoms with van der Waals surface area (Å²) >= 11 is 11.9. The summed E-state index contributed by atoms with van der Waals surface area (Å²) in [6, 6.07) is 6.75. The molecule has 0 fully saturated rings. The molecule has 1 aliphatic heterocycles. The highest BCUT2D eigenvalue weighted by atomic mass is 35.5. The van der Waals surface area contributed by atoms with Crippen LogP contribution in [0.3, 0.4) is 0 Å². The Morgan fingerprint density at radius 1 is 1.50 bits per heavy atom. The number of ether oxygens (including phenoxy) is 1. The van der Waals surface area contributed by atoms with Gasteiger partial charge >= 0.3 is 5.97 Å². The van der Waals surface area contributed by atoms with Crippen LogP contribution < -0.4 is 5.32 Å². The van der Waals surface area contributed by atoms with E-state index in [4.69, 9.17) is 33.2 Å². The number of nitrogens with one attached hydrogen (secondary N) is 1. The maximum absolute atomic E-state index is 11.7. The molecule has 1 aromatic carbocycles. The van der Waals surface area contributed by atoms with E-state index in [0.717, 1.165) is 0 Å². The normalized spacial score (nSPS) is 15.4. The number of aliphatic imine (C=N–C) groups is 1. The largest absolute Gasteiger partial charge is 0.462 e. The number of allylic oxidation sites excluding steroid dienone is 1. The van der Waals surface area contributed by atoms with Gasteiger partial charge in [0.2, 0.25) is 0 Å². The van der Waals surface area contributed by atoms with E-state index < -0.39 is 5.97 Å². The van der Waals surface area contributed by atoms with E-state index in [1.807, 2.05) is 0 Å². The lowest BCUT2D eigenvalue weighted by molar-refractivity contribution is -0.138. The summed E-state index contributed by atoms with van der Waals surface area (Å²) in [4.78, 5) is 15.8. The van der Waals surface area contributed by atoms with E-state index >= 15 is 0 Å². The Balaban J connectivity index is 2.50. The number of carbonyl (C=O) groups excluding carboxylic acids is 1. The summed E-state index contributed by atoms with van der Waals surface area (Å²) in [5.41, 5.74) is 1.02. The maximum Gasteiger partial charge on any atom is 0.351 e. The molecule has 5 nitrogen and oxygen atoms in total. The van der Waals surface area contributed by atoms with Crippen LogP contribution in [0.4, 0.5) is 11.4 Å². The predicted octanol–water partition coefficient (Wildman–Crippen LogP) is 3.38. The van der Waals surface area contributed by atoms with E-state index in [-0.39, 0.29) is 23.0 Å². The summed E-state index contributed by atoms with van der Waals surface area (Å²) in [5, 5.41) is 12.5. The van der Waals surface area contributed by atoms with E-state index in [1.54, 1.807) is 31.2 Å². The third-order valence-electron chi connectivity index (χ3n) is 2.48. The molecule has 0 bridgehead atoms. The van der Waals surface area contributed by atoms with Crippen molar-refractivity contribution in [3.8, 4) is 6.07 Å². The molecule has 0 aliphatic carbocycles. The molecule has 1 aliphatic rings. The van der Waals surface area contributed by atoms with Gasteiger partial charge in [0, 0.05) is 5.02 Å². The molecule has 7 heteroatoms. The Morgan fingerprint density at radius 2 is 2.25 bits per heavy atom. The second-order valence-corrected chi connectivity index (χ2v) is 4.57. The number of benzene rings is 1. The highest BCUT2D eigenvalue weighted by Gasteiger charge is 2.24. The number of rotatable bonds is 2. The highest BCUT2D eigenvalue weighted by Crippen LogP contribution is 2.35. The van der Waals surface area contributed by atoms with Crippen LogP contribution in [0, 0.1) is 11.3 Å². The average molecular weight is 310 g/mol. The van der Waals surface area contributed by atoms with Crippen molar-refractivity contribution < 1.29 is 9.53 Å². The second kappa shape index (κ2) is 5.95. The molecule has 0 atom stereocenters. The number of esters is 1. The second-order valence-electron chi connectivity index (χ2n) is 3.77. The highest BCUT2D eigenvalue weighted by molar-refractivity contribution is 6.70. The van der Waals surface area contributed by atoms with Crippen LogP contribution in [0.25, 0.3) is 0 Å². The van der Waals surface area contributed by atoms with Crippen molar-refractivity contribution in [2.24, 2.45) is 4.99 Å². The lowest BCUT2D eigenvalue weighted by Gasteiger charge is -2.18. The van der Waals surface area contributed by atoms with E-state index in [1.165, 1.54) is 0 Å². The van der Waals surface area contributed by atoms with Gasteiger partial charge in [-0.25, -0.2) is 9.79 Å². The van der Waals surface area contributed by atoms with Crippen LogP contribution in [0.5, 0.6) is 0 Å². The van der Waals surface area contributed by atoms with Crippen molar-refractivity contribution in [2.75, 3.05) is 11.9 Å². The summed E-state index contributed by atoms with van der Waals surface area (Å²) in [5.74, 6) is -0.753. The Bertz CT molecular complexity index is 675. The number of fused-ring (bicyclic) bond motifs is 1. The molecule has 0 saturated heterocycles. The SMILES string of the molecule is CCOC(=O)/C(C#N)=C1\Nc2cc(Cl)ccc2N=C1Cl. The fraction of sp³-hybridized carbons (Fsp3) is 0.154. The number of carbonyl (C=O) groups is 1. The zero-order valence-electron chi connectivity index (χ0n) is 10.4. The first kappa shape index (κ1) is 14.4. The molecule has 0 radical (unpaired) electrons. The Morgan fingerprint density at radius 3 is 2.90 bits per heavy atom. The van der Waals surface area contributed by atoms with Gasteiger partial charge in [0.05, 0.1) is 18.0 Å². The summed E-state index contributed by atoms with van der Waals surface area (Å²) in [6.07, 6.45) is 0. The van der Waals surface area contributed by atoms with Crippen molar-refractivity contribution in [2.45, 2.75) is 6.92 Å². The first-order valence-corrected chi connectivity index (χ1v) is 6.45. The van der Waals surface area contributed by atoms with Crippen LogP contribution in [-0.2, 0) is 9.53 Å². The van der Waals surface area contributed by atoms with Gasteiger partial charge < -0.3 is 10.1 Å². The maximum atomic E-state index is 11.7. The Hall–Kier alpha value is -2.03. The fourth-order valence-corrected chi connectivity index (χ4v) is 2.03. The molecule has 0 unspecified atom stereocenters. The summed E-state index contributed by atoms with van der Waals surface area (Å²) < 4.78 is 4.81. The number of halogens is 2. The van der Waals surface area contributed by atoms with E-state index in [9.17, 15) is 4.79 Å². The number of hydrogen-bond acceptors (Lipinski definition) is 5. The van der Waals surface area contributed by atoms with Gasteiger partial charge in [-0.1, -0.05) is 23.2 Å². The number of hydrogen-bond donors (Lipinski definition) is 1. The van der Waals surface area contributed by atoms with Gasteiger partial charge in [0.1, 0.15) is 11.8 Å². The zero-order chi connectivity index (χ0) is 14.7. The van der Waals surface area contributed by atoms with Crippen molar-refractivity contribution >= 4 is 45.7 Å². The quantitative estimate of drug-likeness (QED) is 0.516. The summed E-state index contributed by atoms with van der Waals surface area (Å²) in [6.45, 7) is 1.81. The van der Waals surface area contributed by atoms with Crippen molar-refractivity contribution in [3.05, 3.63) is 34.5 Å². The molecule has 0 saturated carbocycles. The van der Waals surface area contributed by atoms with Crippen LogP contribution in [0.1, 0.15) is 6.92 Å².